The molecule has 0 spiro atoms. The Labute approximate surface area is 125 Å². The molecule has 0 atom stereocenters. The van der Waals surface area contributed by atoms with Gasteiger partial charge in [0, 0.05) is 16.4 Å². The first-order valence-corrected chi connectivity index (χ1v) is 7.92. The third kappa shape index (κ3) is 3.09. The van der Waals surface area contributed by atoms with E-state index in [0.717, 1.165) is 10.0 Å². The summed E-state index contributed by atoms with van der Waals surface area (Å²) in [7, 11) is -3.76. The van der Waals surface area contributed by atoms with Crippen LogP contribution in [0.4, 0.5) is 11.5 Å². The summed E-state index contributed by atoms with van der Waals surface area (Å²) in [5.41, 5.74) is 3.73. The number of hydrazine groups is 1. The number of pyridine rings is 1. The first kappa shape index (κ1) is 14.8. The Bertz CT molecular complexity index is 734. The maximum Gasteiger partial charge on any atom is 0.265 e. The zero-order valence-corrected chi connectivity index (χ0v) is 13.0. The predicted octanol–water partition coefficient (Wildman–Crippen LogP) is 2.24. The lowest BCUT2D eigenvalue weighted by Gasteiger charge is -2.11. The molecule has 0 radical (unpaired) electrons. The molecule has 0 bridgehead atoms. The van der Waals surface area contributed by atoms with Crippen LogP contribution in [0.25, 0.3) is 0 Å². The van der Waals surface area contributed by atoms with E-state index < -0.39 is 10.0 Å². The van der Waals surface area contributed by atoms with Gasteiger partial charge in [-0.3, -0.25) is 4.72 Å². The molecule has 0 aliphatic heterocycles. The number of halogens is 1. The van der Waals surface area contributed by atoms with Gasteiger partial charge in [0.05, 0.1) is 0 Å². The lowest BCUT2D eigenvalue weighted by Crippen LogP contribution is -2.18. The summed E-state index contributed by atoms with van der Waals surface area (Å²) in [6.45, 7) is 1.92. The molecule has 0 amide bonds. The summed E-state index contributed by atoms with van der Waals surface area (Å²) in [6.07, 6.45) is 1.46. The first-order valence-electron chi connectivity index (χ1n) is 5.64. The Hall–Kier alpha value is -1.64. The van der Waals surface area contributed by atoms with Crippen LogP contribution in [0.15, 0.2) is 45.9 Å². The van der Waals surface area contributed by atoms with E-state index >= 15 is 0 Å². The number of nitrogen functional groups attached to an aromatic ring is 1. The zero-order chi connectivity index (χ0) is 14.8. The third-order valence-corrected chi connectivity index (χ3v) is 4.89. The lowest BCUT2D eigenvalue weighted by molar-refractivity contribution is 0.601. The first-order chi connectivity index (χ1) is 9.44. The number of hydrogen-bond donors (Lipinski definition) is 3. The van der Waals surface area contributed by atoms with Crippen LogP contribution in [-0.4, -0.2) is 13.4 Å². The van der Waals surface area contributed by atoms with Crippen LogP contribution in [0.5, 0.6) is 0 Å². The van der Waals surface area contributed by atoms with Crippen molar-refractivity contribution in [2.45, 2.75) is 11.8 Å². The molecule has 0 unspecified atom stereocenters. The van der Waals surface area contributed by atoms with Crippen LogP contribution < -0.4 is 16.0 Å². The van der Waals surface area contributed by atoms with E-state index in [0.29, 0.717) is 5.69 Å². The number of sulfonamides is 1. The van der Waals surface area contributed by atoms with Gasteiger partial charge in [0.15, 0.2) is 5.82 Å². The molecule has 2 aromatic rings. The molecule has 106 valence electrons. The number of aryl methyl sites for hydroxylation is 1. The third-order valence-electron chi connectivity index (χ3n) is 2.62. The van der Waals surface area contributed by atoms with Crippen molar-refractivity contribution in [2.75, 3.05) is 10.1 Å². The van der Waals surface area contributed by atoms with E-state index in [1.807, 2.05) is 13.0 Å². The summed E-state index contributed by atoms with van der Waals surface area (Å²) in [6, 6.07) is 8.14. The molecule has 2 rings (SSSR count). The summed E-state index contributed by atoms with van der Waals surface area (Å²) in [5.74, 6) is 5.36. The quantitative estimate of drug-likeness (QED) is 0.576. The number of nitrogens with two attached hydrogens (primary N) is 1. The highest BCUT2D eigenvalue weighted by Crippen LogP contribution is 2.24. The highest BCUT2D eigenvalue weighted by atomic mass is 79.9. The highest BCUT2D eigenvalue weighted by molar-refractivity contribution is 9.10. The van der Waals surface area contributed by atoms with Crippen molar-refractivity contribution in [1.29, 1.82) is 0 Å². The van der Waals surface area contributed by atoms with Gasteiger partial charge in [-0.1, -0.05) is 22.0 Å². The molecule has 1 aromatic carbocycles. The van der Waals surface area contributed by atoms with E-state index in [9.17, 15) is 8.42 Å². The fourth-order valence-electron chi connectivity index (χ4n) is 1.58. The van der Waals surface area contributed by atoms with Crippen LogP contribution in [0.3, 0.4) is 0 Å². The molecular weight excluding hydrogens is 344 g/mol. The summed E-state index contributed by atoms with van der Waals surface area (Å²) in [5, 5.41) is 0. The minimum atomic E-state index is -3.76. The van der Waals surface area contributed by atoms with E-state index in [-0.39, 0.29) is 10.7 Å². The molecule has 1 aromatic heterocycles. The fraction of sp³-hybridized carbons (Fsp3) is 0.0833. The van der Waals surface area contributed by atoms with Crippen molar-refractivity contribution < 1.29 is 8.42 Å². The van der Waals surface area contributed by atoms with Gasteiger partial charge in [-0.2, -0.15) is 0 Å². The maximum atomic E-state index is 12.3. The fourth-order valence-corrected chi connectivity index (χ4v) is 3.13. The van der Waals surface area contributed by atoms with Gasteiger partial charge in [0.2, 0.25) is 0 Å². The number of nitrogens with zero attached hydrogens (tertiary/aromatic N) is 1. The number of nitrogens with one attached hydrogen (secondary N) is 2. The van der Waals surface area contributed by atoms with Gasteiger partial charge in [0.1, 0.15) is 4.90 Å². The molecule has 4 N–H and O–H groups in total. The molecule has 20 heavy (non-hydrogen) atoms. The largest absolute Gasteiger partial charge is 0.307 e. The molecule has 1 heterocycles. The van der Waals surface area contributed by atoms with Gasteiger partial charge < -0.3 is 5.43 Å². The van der Waals surface area contributed by atoms with Crippen molar-refractivity contribution in [3.8, 4) is 0 Å². The van der Waals surface area contributed by atoms with E-state index in [1.165, 1.54) is 18.3 Å². The van der Waals surface area contributed by atoms with E-state index in [2.05, 4.69) is 31.1 Å². The van der Waals surface area contributed by atoms with E-state index in [4.69, 9.17) is 5.84 Å². The van der Waals surface area contributed by atoms with Crippen LogP contribution in [0.2, 0.25) is 0 Å². The Balaban J connectivity index is 2.38. The SMILES string of the molecule is Cc1ccc(NS(=O)(=O)c2cccnc2NN)cc1Br. The second kappa shape index (κ2) is 5.78. The van der Waals surface area contributed by atoms with E-state index in [1.54, 1.807) is 12.1 Å². The second-order valence-corrected chi connectivity index (χ2v) is 6.57. The molecule has 0 aliphatic carbocycles. The van der Waals surface area contributed by atoms with Gasteiger partial charge in [-0.05, 0) is 36.8 Å². The minimum Gasteiger partial charge on any atom is -0.307 e. The minimum absolute atomic E-state index is 0.0146. The average Bonchev–Trinajstić information content (AvgIpc) is 2.42. The monoisotopic (exact) mass is 356 g/mol. The molecular formula is C12H13BrN4O2S. The highest BCUT2D eigenvalue weighted by Gasteiger charge is 2.19. The van der Waals surface area contributed by atoms with Crippen LogP contribution >= 0.6 is 15.9 Å². The molecule has 0 saturated heterocycles. The van der Waals surface area contributed by atoms with Crippen LogP contribution in [0, 0.1) is 6.92 Å². The molecule has 6 nitrogen and oxygen atoms in total. The standard InChI is InChI=1S/C12H13BrN4O2S/c1-8-4-5-9(7-10(8)13)17-20(18,19)11-3-2-6-15-12(11)16-14/h2-7,17H,14H2,1H3,(H,15,16). The normalized spacial score (nSPS) is 11.2. The number of anilines is 2. The number of benzene rings is 1. The van der Waals surface area contributed by atoms with Crippen molar-refractivity contribution in [3.63, 3.8) is 0 Å². The van der Waals surface area contributed by atoms with Crippen molar-refractivity contribution in [3.05, 3.63) is 46.6 Å². The number of aromatic nitrogens is 1. The van der Waals surface area contributed by atoms with Gasteiger partial charge in [-0.25, -0.2) is 19.2 Å². The summed E-state index contributed by atoms with van der Waals surface area (Å²) >= 11 is 3.36. The molecule has 0 saturated carbocycles. The van der Waals surface area contributed by atoms with Gasteiger partial charge in [0.25, 0.3) is 10.0 Å². The van der Waals surface area contributed by atoms with Gasteiger partial charge >= 0.3 is 0 Å². The average molecular weight is 357 g/mol. The topological polar surface area (TPSA) is 97.1 Å². The van der Waals surface area contributed by atoms with Crippen LogP contribution in [0.1, 0.15) is 5.56 Å². The lowest BCUT2D eigenvalue weighted by atomic mass is 10.2. The maximum absolute atomic E-state index is 12.3. The van der Waals surface area contributed by atoms with Gasteiger partial charge in [-0.15, -0.1) is 0 Å². The second-order valence-electron chi connectivity index (χ2n) is 4.06. The Morgan fingerprint density at radius 3 is 2.70 bits per heavy atom. The molecule has 0 fully saturated rings. The summed E-state index contributed by atoms with van der Waals surface area (Å²) in [4.78, 5) is 3.86. The number of hydrogen-bond acceptors (Lipinski definition) is 5. The molecule has 0 aliphatic rings. The summed E-state index contributed by atoms with van der Waals surface area (Å²) < 4.78 is 27.9. The predicted molar refractivity (Wildman–Crippen MR) is 81.7 cm³/mol. The van der Waals surface area contributed by atoms with Crippen molar-refractivity contribution >= 4 is 37.5 Å². The Morgan fingerprint density at radius 1 is 1.30 bits per heavy atom. The molecule has 8 heteroatoms. The smallest absolute Gasteiger partial charge is 0.265 e. The van der Waals surface area contributed by atoms with Crippen LogP contribution in [-0.2, 0) is 10.0 Å². The Morgan fingerprint density at radius 2 is 2.05 bits per heavy atom. The Kier molecular flexibility index (Phi) is 4.26. The zero-order valence-electron chi connectivity index (χ0n) is 10.6. The van der Waals surface area contributed by atoms with Crippen molar-refractivity contribution in [1.82, 2.24) is 4.98 Å². The van der Waals surface area contributed by atoms with Crippen molar-refractivity contribution in [2.24, 2.45) is 5.84 Å². The number of rotatable bonds is 4.